The van der Waals surface area contributed by atoms with E-state index in [0.29, 0.717) is 0 Å². The van der Waals surface area contributed by atoms with Gasteiger partial charge in [0.2, 0.25) is 0 Å². The van der Waals surface area contributed by atoms with Crippen molar-refractivity contribution < 1.29 is 0 Å². The summed E-state index contributed by atoms with van der Waals surface area (Å²) in [4.78, 5) is 0. The topological polar surface area (TPSA) is 35.8 Å². The largest absolute Gasteiger partial charge is 0.316 e. The Kier molecular flexibility index (Phi) is 3.95. The van der Waals surface area contributed by atoms with Crippen LogP contribution in [0.2, 0.25) is 0 Å². The first-order valence-corrected chi connectivity index (χ1v) is 5.67. The van der Waals surface area contributed by atoms with Crippen LogP contribution in [-0.4, -0.2) is 13.1 Å². The average molecular weight is 194 g/mol. The molecule has 1 aliphatic rings. The van der Waals surface area contributed by atoms with Crippen molar-refractivity contribution in [3.05, 3.63) is 0 Å². The fourth-order valence-corrected chi connectivity index (χ4v) is 1.68. The first-order valence-electron chi connectivity index (χ1n) is 5.67. The summed E-state index contributed by atoms with van der Waals surface area (Å²) in [6, 6.07) is 2.33. The third-order valence-corrected chi connectivity index (χ3v) is 3.14. The minimum absolute atomic E-state index is 0.144. The van der Waals surface area contributed by atoms with E-state index < -0.39 is 0 Å². The number of nitrogens with one attached hydrogen (secondary N) is 1. The molecule has 14 heavy (non-hydrogen) atoms. The second-order valence-electron chi connectivity index (χ2n) is 5.28. The molecule has 0 spiro atoms. The van der Waals surface area contributed by atoms with Gasteiger partial charge >= 0.3 is 0 Å². The van der Waals surface area contributed by atoms with Crippen LogP contribution < -0.4 is 5.32 Å². The summed E-state index contributed by atoms with van der Waals surface area (Å²) in [6.45, 7) is 8.57. The zero-order valence-corrected chi connectivity index (χ0v) is 9.64. The van der Waals surface area contributed by atoms with Gasteiger partial charge in [-0.1, -0.05) is 6.92 Å². The molecule has 1 N–H and O–H groups in total. The number of nitrogens with zero attached hydrogens (tertiary/aromatic N) is 1. The Balaban J connectivity index is 1.92. The molecular weight excluding hydrogens is 172 g/mol. The Morgan fingerprint density at radius 1 is 1.50 bits per heavy atom. The van der Waals surface area contributed by atoms with Crippen molar-refractivity contribution >= 4 is 0 Å². The molecule has 0 aromatic rings. The molecule has 1 aliphatic carbocycles. The maximum Gasteiger partial charge on any atom is 0.0683 e. The van der Waals surface area contributed by atoms with Crippen LogP contribution in [0.3, 0.4) is 0 Å². The smallest absolute Gasteiger partial charge is 0.0683 e. The number of rotatable bonds is 6. The van der Waals surface area contributed by atoms with E-state index in [1.807, 2.05) is 13.8 Å². The van der Waals surface area contributed by atoms with Gasteiger partial charge < -0.3 is 5.32 Å². The second-order valence-corrected chi connectivity index (χ2v) is 5.28. The van der Waals surface area contributed by atoms with Crippen molar-refractivity contribution in [1.29, 1.82) is 5.26 Å². The van der Waals surface area contributed by atoms with Crippen LogP contribution in [0.4, 0.5) is 0 Å². The minimum atomic E-state index is -0.144. The van der Waals surface area contributed by atoms with Gasteiger partial charge in [0.25, 0.3) is 0 Å². The van der Waals surface area contributed by atoms with Crippen molar-refractivity contribution in [3.8, 4) is 6.07 Å². The Hall–Kier alpha value is -0.550. The van der Waals surface area contributed by atoms with Crippen LogP contribution in [0.25, 0.3) is 0 Å². The van der Waals surface area contributed by atoms with Gasteiger partial charge in [0.15, 0.2) is 0 Å². The van der Waals surface area contributed by atoms with Gasteiger partial charge in [0.1, 0.15) is 0 Å². The molecule has 2 heteroatoms. The molecule has 80 valence electrons. The molecule has 0 bridgehead atoms. The van der Waals surface area contributed by atoms with Gasteiger partial charge in [-0.25, -0.2) is 0 Å². The molecule has 1 rings (SSSR count). The van der Waals surface area contributed by atoms with Crippen LogP contribution in [0.1, 0.15) is 40.0 Å². The predicted molar refractivity (Wildman–Crippen MR) is 58.8 cm³/mol. The van der Waals surface area contributed by atoms with Crippen LogP contribution in [0.15, 0.2) is 0 Å². The minimum Gasteiger partial charge on any atom is -0.316 e. The Bertz CT molecular complexity index is 215. The fraction of sp³-hybridized carbons (Fsp3) is 0.917. The van der Waals surface area contributed by atoms with Crippen molar-refractivity contribution in [2.75, 3.05) is 13.1 Å². The molecule has 2 nitrogen and oxygen atoms in total. The summed E-state index contributed by atoms with van der Waals surface area (Å²) in [6.07, 6.45) is 3.51. The summed E-state index contributed by atoms with van der Waals surface area (Å²) in [5, 5.41) is 12.3. The fourth-order valence-electron chi connectivity index (χ4n) is 1.68. The van der Waals surface area contributed by atoms with Gasteiger partial charge in [0, 0.05) is 0 Å². The molecule has 0 aromatic carbocycles. The van der Waals surface area contributed by atoms with E-state index in [4.69, 9.17) is 5.26 Å². The summed E-state index contributed by atoms with van der Waals surface area (Å²) in [7, 11) is 0. The van der Waals surface area contributed by atoms with Crippen LogP contribution in [-0.2, 0) is 0 Å². The Morgan fingerprint density at radius 3 is 2.64 bits per heavy atom. The van der Waals surface area contributed by atoms with E-state index >= 15 is 0 Å². The number of hydrogen-bond donors (Lipinski definition) is 1. The molecule has 0 aliphatic heterocycles. The zero-order valence-electron chi connectivity index (χ0n) is 9.64. The normalized spacial score (nSPS) is 25.9. The average Bonchev–Trinajstić information content (AvgIpc) is 2.81. The van der Waals surface area contributed by atoms with E-state index in [2.05, 4.69) is 18.3 Å². The second kappa shape index (κ2) is 4.79. The molecule has 2 unspecified atom stereocenters. The lowest BCUT2D eigenvalue weighted by Crippen LogP contribution is -2.20. The van der Waals surface area contributed by atoms with Gasteiger partial charge in [-0.2, -0.15) is 5.26 Å². The SMILES string of the molecule is CC1CC1CNCCCC(C)(C)C#N. The molecule has 1 fully saturated rings. The summed E-state index contributed by atoms with van der Waals surface area (Å²) in [5.41, 5.74) is -0.144. The predicted octanol–water partition coefficient (Wildman–Crippen LogP) is 2.56. The van der Waals surface area contributed by atoms with Gasteiger partial charge in [-0.05, 0) is 58.0 Å². The van der Waals surface area contributed by atoms with Crippen molar-refractivity contribution in [3.63, 3.8) is 0 Å². The van der Waals surface area contributed by atoms with E-state index in [1.165, 1.54) is 13.0 Å². The van der Waals surface area contributed by atoms with Crippen LogP contribution >= 0.6 is 0 Å². The highest BCUT2D eigenvalue weighted by molar-refractivity contribution is 4.91. The Morgan fingerprint density at radius 2 is 2.14 bits per heavy atom. The van der Waals surface area contributed by atoms with Crippen molar-refractivity contribution in [1.82, 2.24) is 5.32 Å². The molecule has 1 saturated carbocycles. The third kappa shape index (κ3) is 4.11. The standard InChI is InChI=1S/C12H22N2/c1-10-7-11(10)8-14-6-4-5-12(2,3)9-13/h10-11,14H,4-8H2,1-3H3. The zero-order chi connectivity index (χ0) is 10.6. The molecule has 0 saturated heterocycles. The molecule has 0 radical (unpaired) electrons. The molecule has 0 aromatic heterocycles. The van der Waals surface area contributed by atoms with Crippen molar-refractivity contribution in [2.24, 2.45) is 17.3 Å². The summed E-state index contributed by atoms with van der Waals surface area (Å²) >= 11 is 0. The third-order valence-electron chi connectivity index (χ3n) is 3.14. The van der Waals surface area contributed by atoms with Gasteiger partial charge in [-0.15, -0.1) is 0 Å². The van der Waals surface area contributed by atoms with Crippen LogP contribution in [0, 0.1) is 28.6 Å². The van der Waals surface area contributed by atoms with E-state index in [1.54, 1.807) is 0 Å². The quantitative estimate of drug-likeness (QED) is 0.660. The summed E-state index contributed by atoms with van der Waals surface area (Å²) in [5.74, 6) is 1.87. The lowest BCUT2D eigenvalue weighted by atomic mass is 9.90. The first kappa shape index (κ1) is 11.5. The van der Waals surface area contributed by atoms with Gasteiger partial charge in [0.05, 0.1) is 11.5 Å². The number of nitriles is 1. The van der Waals surface area contributed by atoms with E-state index in [9.17, 15) is 0 Å². The highest BCUT2D eigenvalue weighted by Crippen LogP contribution is 2.36. The molecular formula is C12H22N2. The lowest BCUT2D eigenvalue weighted by Gasteiger charge is -2.14. The summed E-state index contributed by atoms with van der Waals surface area (Å²) < 4.78 is 0. The Labute approximate surface area is 87.7 Å². The molecule has 2 atom stereocenters. The maximum absolute atomic E-state index is 8.81. The number of hydrogen-bond acceptors (Lipinski definition) is 2. The first-order chi connectivity index (χ1) is 6.55. The lowest BCUT2D eigenvalue weighted by molar-refractivity contribution is 0.424. The van der Waals surface area contributed by atoms with Crippen molar-refractivity contribution in [2.45, 2.75) is 40.0 Å². The van der Waals surface area contributed by atoms with E-state index in [-0.39, 0.29) is 5.41 Å². The molecule has 0 amide bonds. The monoisotopic (exact) mass is 194 g/mol. The molecule has 0 heterocycles. The highest BCUT2D eigenvalue weighted by Gasteiger charge is 2.31. The van der Waals surface area contributed by atoms with Gasteiger partial charge in [-0.3, -0.25) is 0 Å². The van der Waals surface area contributed by atoms with Crippen LogP contribution in [0.5, 0.6) is 0 Å². The van der Waals surface area contributed by atoms with E-state index in [0.717, 1.165) is 31.2 Å². The maximum atomic E-state index is 8.81. The highest BCUT2D eigenvalue weighted by atomic mass is 14.9.